The monoisotopic (exact) mass is 343 g/mol. The van der Waals surface area contributed by atoms with Gasteiger partial charge in [-0.25, -0.2) is 0 Å². The Morgan fingerprint density at radius 1 is 1.08 bits per heavy atom. The molecule has 1 N–H and O–H groups in total. The molecule has 0 heterocycles. The highest BCUT2D eigenvalue weighted by Gasteiger charge is 2.17. The lowest BCUT2D eigenvalue weighted by molar-refractivity contribution is -0.152. The second-order valence-electron chi connectivity index (χ2n) is 5.40. The molecule has 0 aliphatic rings. The standard InChI is InChI=1S/C19H21NO3S/c1-14-8-10-17(11-9-14)24-13-12-18(21)23-15(2)19(22)20-16-6-4-3-5-7-16/h3-11,15H,12-13H2,1-2H3,(H,20,22)/t15-/m1/s1. The van der Waals surface area contributed by atoms with Crippen molar-refractivity contribution in [1.29, 1.82) is 0 Å². The van der Waals surface area contributed by atoms with Crippen LogP contribution in [0.1, 0.15) is 18.9 Å². The number of thioether (sulfide) groups is 1. The van der Waals surface area contributed by atoms with E-state index in [-0.39, 0.29) is 18.3 Å². The van der Waals surface area contributed by atoms with E-state index in [9.17, 15) is 9.59 Å². The van der Waals surface area contributed by atoms with Crippen molar-refractivity contribution in [3.8, 4) is 0 Å². The summed E-state index contributed by atoms with van der Waals surface area (Å²) in [5.74, 6) is -0.0828. The molecule has 0 aliphatic carbocycles. The molecular formula is C19H21NO3S. The van der Waals surface area contributed by atoms with E-state index in [4.69, 9.17) is 4.74 Å². The highest BCUT2D eigenvalue weighted by molar-refractivity contribution is 7.99. The quantitative estimate of drug-likeness (QED) is 0.609. The van der Waals surface area contributed by atoms with Crippen LogP contribution in [0.3, 0.4) is 0 Å². The van der Waals surface area contributed by atoms with Gasteiger partial charge in [-0.05, 0) is 38.1 Å². The van der Waals surface area contributed by atoms with Crippen LogP contribution < -0.4 is 5.32 Å². The third-order valence-electron chi connectivity index (χ3n) is 3.31. The Bertz CT molecular complexity index is 671. The van der Waals surface area contributed by atoms with Gasteiger partial charge >= 0.3 is 5.97 Å². The normalized spacial score (nSPS) is 11.6. The highest BCUT2D eigenvalue weighted by atomic mass is 32.2. The van der Waals surface area contributed by atoms with Gasteiger partial charge in [-0.2, -0.15) is 0 Å². The summed E-state index contributed by atoms with van der Waals surface area (Å²) in [4.78, 5) is 24.9. The number of esters is 1. The number of nitrogens with one attached hydrogen (secondary N) is 1. The lowest BCUT2D eigenvalue weighted by Gasteiger charge is -2.13. The van der Waals surface area contributed by atoms with Crippen molar-refractivity contribution in [3.05, 3.63) is 60.2 Å². The number of carbonyl (C=O) groups excluding carboxylic acids is 2. The summed E-state index contributed by atoms with van der Waals surface area (Å²) in [6, 6.07) is 17.2. The molecule has 0 bridgehead atoms. The highest BCUT2D eigenvalue weighted by Crippen LogP contribution is 2.19. The zero-order chi connectivity index (χ0) is 17.4. The second kappa shape index (κ2) is 9.13. The first-order valence-electron chi connectivity index (χ1n) is 7.79. The van der Waals surface area contributed by atoms with E-state index in [0.717, 1.165) is 4.90 Å². The maximum Gasteiger partial charge on any atom is 0.307 e. The van der Waals surface area contributed by atoms with Crippen LogP contribution in [0.2, 0.25) is 0 Å². The molecule has 24 heavy (non-hydrogen) atoms. The van der Waals surface area contributed by atoms with Gasteiger partial charge < -0.3 is 10.1 Å². The molecule has 2 aromatic carbocycles. The van der Waals surface area contributed by atoms with Crippen molar-refractivity contribution in [2.24, 2.45) is 0 Å². The summed E-state index contributed by atoms with van der Waals surface area (Å²) in [5.41, 5.74) is 1.89. The number of rotatable bonds is 7. The van der Waals surface area contributed by atoms with E-state index in [1.165, 1.54) is 5.56 Å². The van der Waals surface area contributed by atoms with Crippen LogP contribution in [-0.2, 0) is 14.3 Å². The zero-order valence-corrected chi connectivity index (χ0v) is 14.6. The number of ether oxygens (including phenoxy) is 1. The number of hydrogen-bond donors (Lipinski definition) is 1. The summed E-state index contributed by atoms with van der Waals surface area (Å²) in [7, 11) is 0. The summed E-state index contributed by atoms with van der Waals surface area (Å²) < 4.78 is 5.18. The largest absolute Gasteiger partial charge is 0.453 e. The molecule has 0 radical (unpaired) electrons. The molecule has 4 nitrogen and oxygen atoms in total. The van der Waals surface area contributed by atoms with Crippen LogP contribution in [0.25, 0.3) is 0 Å². The lowest BCUT2D eigenvalue weighted by atomic mass is 10.2. The number of benzene rings is 2. The molecule has 0 saturated heterocycles. The molecule has 0 unspecified atom stereocenters. The lowest BCUT2D eigenvalue weighted by Crippen LogP contribution is -2.30. The van der Waals surface area contributed by atoms with Gasteiger partial charge in [0.1, 0.15) is 0 Å². The summed E-state index contributed by atoms with van der Waals surface area (Å²) in [6.07, 6.45) is -0.552. The summed E-state index contributed by atoms with van der Waals surface area (Å²) >= 11 is 1.59. The van der Waals surface area contributed by atoms with Gasteiger partial charge in [0, 0.05) is 16.3 Å². The Kier molecular flexibility index (Phi) is 6.88. The molecule has 0 saturated carbocycles. The number of carbonyl (C=O) groups is 2. The SMILES string of the molecule is Cc1ccc(SCCC(=O)O[C@H](C)C(=O)Nc2ccccc2)cc1. The minimum Gasteiger partial charge on any atom is -0.453 e. The molecule has 0 aromatic heterocycles. The van der Waals surface area contributed by atoms with Crippen molar-refractivity contribution < 1.29 is 14.3 Å². The van der Waals surface area contributed by atoms with Crippen LogP contribution in [0.15, 0.2) is 59.5 Å². The van der Waals surface area contributed by atoms with E-state index < -0.39 is 6.10 Å². The van der Waals surface area contributed by atoms with Gasteiger partial charge in [-0.15, -0.1) is 11.8 Å². The smallest absolute Gasteiger partial charge is 0.307 e. The predicted molar refractivity (Wildman–Crippen MR) is 97.1 cm³/mol. The fourth-order valence-electron chi connectivity index (χ4n) is 1.96. The second-order valence-corrected chi connectivity index (χ2v) is 6.57. The van der Waals surface area contributed by atoms with Crippen LogP contribution in [0.4, 0.5) is 5.69 Å². The topological polar surface area (TPSA) is 55.4 Å². The van der Waals surface area contributed by atoms with Gasteiger partial charge in [-0.3, -0.25) is 9.59 Å². The molecule has 1 amide bonds. The minimum atomic E-state index is -0.818. The molecule has 2 rings (SSSR count). The van der Waals surface area contributed by atoms with Gasteiger partial charge in [0.05, 0.1) is 6.42 Å². The fraction of sp³-hybridized carbons (Fsp3) is 0.263. The molecular weight excluding hydrogens is 322 g/mol. The molecule has 5 heteroatoms. The average molecular weight is 343 g/mol. The van der Waals surface area contributed by atoms with Crippen molar-refractivity contribution in [3.63, 3.8) is 0 Å². The molecule has 2 aromatic rings. The number of anilines is 1. The Labute approximate surface area is 146 Å². The summed E-state index contributed by atoms with van der Waals surface area (Å²) in [6.45, 7) is 3.61. The van der Waals surface area contributed by atoms with E-state index >= 15 is 0 Å². The van der Waals surface area contributed by atoms with Crippen molar-refractivity contribution in [1.82, 2.24) is 0 Å². The molecule has 0 fully saturated rings. The Balaban J connectivity index is 1.71. The maximum absolute atomic E-state index is 12.0. The fourth-order valence-corrected chi connectivity index (χ4v) is 2.79. The van der Waals surface area contributed by atoms with Gasteiger partial charge in [0.25, 0.3) is 5.91 Å². The first-order chi connectivity index (χ1) is 11.5. The number of amides is 1. The molecule has 126 valence electrons. The average Bonchev–Trinajstić information content (AvgIpc) is 2.57. The Hall–Kier alpha value is -2.27. The van der Waals surface area contributed by atoms with Crippen LogP contribution in [0.5, 0.6) is 0 Å². The van der Waals surface area contributed by atoms with E-state index in [2.05, 4.69) is 5.32 Å². The molecule has 1 atom stereocenters. The maximum atomic E-state index is 12.0. The van der Waals surface area contributed by atoms with Gasteiger partial charge in [-0.1, -0.05) is 35.9 Å². The Morgan fingerprint density at radius 3 is 2.42 bits per heavy atom. The van der Waals surface area contributed by atoms with Crippen molar-refractivity contribution in [2.75, 3.05) is 11.1 Å². The van der Waals surface area contributed by atoms with Gasteiger partial charge in [0.2, 0.25) is 0 Å². The number of para-hydroxylation sites is 1. The third kappa shape index (κ3) is 6.08. The first kappa shape index (κ1) is 18.1. The summed E-state index contributed by atoms with van der Waals surface area (Å²) in [5, 5.41) is 2.71. The van der Waals surface area contributed by atoms with E-state index in [1.54, 1.807) is 30.8 Å². The van der Waals surface area contributed by atoms with Crippen molar-refractivity contribution >= 4 is 29.3 Å². The van der Waals surface area contributed by atoms with E-state index in [1.807, 2.05) is 49.4 Å². The first-order valence-corrected chi connectivity index (χ1v) is 8.78. The third-order valence-corrected chi connectivity index (χ3v) is 4.33. The van der Waals surface area contributed by atoms with Crippen LogP contribution in [0, 0.1) is 6.92 Å². The predicted octanol–water partition coefficient (Wildman–Crippen LogP) is 4.05. The molecule has 0 spiro atoms. The minimum absolute atomic E-state index is 0.265. The van der Waals surface area contributed by atoms with E-state index in [0.29, 0.717) is 11.4 Å². The van der Waals surface area contributed by atoms with Crippen molar-refractivity contribution in [2.45, 2.75) is 31.3 Å². The Morgan fingerprint density at radius 2 is 1.75 bits per heavy atom. The number of hydrogen-bond acceptors (Lipinski definition) is 4. The van der Waals surface area contributed by atoms with Gasteiger partial charge in [0.15, 0.2) is 6.10 Å². The van der Waals surface area contributed by atoms with Crippen LogP contribution >= 0.6 is 11.8 Å². The number of aryl methyl sites for hydroxylation is 1. The van der Waals surface area contributed by atoms with Crippen LogP contribution in [-0.4, -0.2) is 23.7 Å². The molecule has 0 aliphatic heterocycles. The zero-order valence-electron chi connectivity index (χ0n) is 13.8.